The SMILES string of the molecule is CC(C)CC1CCCN1C(=O)CC(C)N. The van der Waals surface area contributed by atoms with Gasteiger partial charge in [-0.05, 0) is 32.1 Å². The Morgan fingerprint density at radius 3 is 2.67 bits per heavy atom. The monoisotopic (exact) mass is 212 g/mol. The molecule has 0 aliphatic carbocycles. The van der Waals surface area contributed by atoms with E-state index in [1.54, 1.807) is 0 Å². The van der Waals surface area contributed by atoms with Gasteiger partial charge in [0.25, 0.3) is 0 Å². The number of rotatable bonds is 4. The molecule has 1 saturated heterocycles. The third kappa shape index (κ3) is 3.82. The smallest absolute Gasteiger partial charge is 0.224 e. The number of carbonyl (C=O) groups excluding carboxylic acids is 1. The first-order chi connectivity index (χ1) is 7.00. The van der Waals surface area contributed by atoms with E-state index in [2.05, 4.69) is 13.8 Å². The molecular weight excluding hydrogens is 188 g/mol. The van der Waals surface area contributed by atoms with Gasteiger partial charge in [0, 0.05) is 25.0 Å². The third-order valence-electron chi connectivity index (χ3n) is 2.94. The Hall–Kier alpha value is -0.570. The molecule has 3 nitrogen and oxygen atoms in total. The fourth-order valence-electron chi connectivity index (χ4n) is 2.35. The van der Waals surface area contributed by atoms with Gasteiger partial charge in [0.2, 0.25) is 5.91 Å². The van der Waals surface area contributed by atoms with Gasteiger partial charge in [-0.3, -0.25) is 4.79 Å². The lowest BCUT2D eigenvalue weighted by molar-refractivity contribution is -0.132. The minimum atomic E-state index is -0.0159. The second kappa shape index (κ2) is 5.50. The molecular formula is C12H24N2O. The van der Waals surface area contributed by atoms with Crippen LogP contribution in [0.3, 0.4) is 0 Å². The summed E-state index contributed by atoms with van der Waals surface area (Å²) in [7, 11) is 0. The summed E-state index contributed by atoms with van der Waals surface area (Å²) in [6.07, 6.45) is 3.95. The first-order valence-corrected chi connectivity index (χ1v) is 6.05. The van der Waals surface area contributed by atoms with Gasteiger partial charge in [0.1, 0.15) is 0 Å². The summed E-state index contributed by atoms with van der Waals surface area (Å²) in [6.45, 7) is 7.26. The van der Waals surface area contributed by atoms with Crippen molar-refractivity contribution in [3.05, 3.63) is 0 Å². The van der Waals surface area contributed by atoms with Crippen LogP contribution in [-0.2, 0) is 4.79 Å². The molecule has 1 aliphatic heterocycles. The Morgan fingerprint density at radius 1 is 1.47 bits per heavy atom. The van der Waals surface area contributed by atoms with Crippen LogP contribution >= 0.6 is 0 Å². The first kappa shape index (κ1) is 12.5. The van der Waals surface area contributed by atoms with Crippen molar-refractivity contribution < 1.29 is 4.79 Å². The summed E-state index contributed by atoms with van der Waals surface area (Å²) in [5.41, 5.74) is 5.66. The Kier molecular flexibility index (Phi) is 4.58. The van der Waals surface area contributed by atoms with Gasteiger partial charge in [0.15, 0.2) is 0 Å². The van der Waals surface area contributed by atoms with Crippen LogP contribution in [0.2, 0.25) is 0 Å². The van der Waals surface area contributed by atoms with Crippen LogP contribution in [-0.4, -0.2) is 29.4 Å². The van der Waals surface area contributed by atoms with E-state index < -0.39 is 0 Å². The van der Waals surface area contributed by atoms with Crippen LogP contribution in [0.25, 0.3) is 0 Å². The molecule has 1 heterocycles. The second-order valence-electron chi connectivity index (χ2n) is 5.19. The quantitative estimate of drug-likeness (QED) is 0.772. The van der Waals surface area contributed by atoms with Crippen molar-refractivity contribution in [1.82, 2.24) is 4.90 Å². The van der Waals surface area contributed by atoms with E-state index in [1.165, 1.54) is 6.42 Å². The molecule has 0 spiro atoms. The number of carbonyl (C=O) groups is 1. The summed E-state index contributed by atoms with van der Waals surface area (Å²) in [5.74, 6) is 0.909. The average Bonchev–Trinajstić information content (AvgIpc) is 2.49. The van der Waals surface area contributed by atoms with Gasteiger partial charge in [-0.25, -0.2) is 0 Å². The van der Waals surface area contributed by atoms with Crippen LogP contribution < -0.4 is 5.73 Å². The lowest BCUT2D eigenvalue weighted by Gasteiger charge is -2.26. The molecule has 1 amide bonds. The van der Waals surface area contributed by atoms with Gasteiger partial charge in [-0.1, -0.05) is 13.8 Å². The minimum Gasteiger partial charge on any atom is -0.340 e. The van der Waals surface area contributed by atoms with Gasteiger partial charge in [0.05, 0.1) is 0 Å². The summed E-state index contributed by atoms with van der Waals surface area (Å²) < 4.78 is 0. The number of hydrogen-bond acceptors (Lipinski definition) is 2. The number of hydrogen-bond donors (Lipinski definition) is 1. The van der Waals surface area contributed by atoms with Crippen molar-refractivity contribution >= 4 is 5.91 Å². The molecule has 0 radical (unpaired) electrons. The zero-order valence-corrected chi connectivity index (χ0v) is 10.2. The molecule has 1 rings (SSSR count). The molecule has 2 unspecified atom stereocenters. The molecule has 0 aromatic heterocycles. The van der Waals surface area contributed by atoms with Crippen molar-refractivity contribution in [3.8, 4) is 0 Å². The van der Waals surface area contributed by atoms with Crippen molar-refractivity contribution in [2.75, 3.05) is 6.54 Å². The van der Waals surface area contributed by atoms with E-state index in [0.29, 0.717) is 18.4 Å². The molecule has 0 saturated carbocycles. The van der Waals surface area contributed by atoms with Crippen molar-refractivity contribution in [1.29, 1.82) is 0 Å². The average molecular weight is 212 g/mol. The molecule has 1 fully saturated rings. The Morgan fingerprint density at radius 2 is 2.13 bits per heavy atom. The Balaban J connectivity index is 2.48. The molecule has 1 aliphatic rings. The van der Waals surface area contributed by atoms with Gasteiger partial charge < -0.3 is 10.6 Å². The van der Waals surface area contributed by atoms with Crippen molar-refractivity contribution in [3.63, 3.8) is 0 Å². The number of amides is 1. The maximum absolute atomic E-state index is 11.9. The van der Waals surface area contributed by atoms with Crippen LogP contribution in [0.4, 0.5) is 0 Å². The van der Waals surface area contributed by atoms with Gasteiger partial charge >= 0.3 is 0 Å². The second-order valence-corrected chi connectivity index (χ2v) is 5.19. The standard InChI is InChI=1S/C12H24N2O/c1-9(2)7-11-5-4-6-14(11)12(15)8-10(3)13/h9-11H,4-8,13H2,1-3H3. The van der Waals surface area contributed by atoms with E-state index >= 15 is 0 Å². The van der Waals surface area contributed by atoms with Crippen molar-refractivity contribution in [2.45, 2.75) is 58.5 Å². The van der Waals surface area contributed by atoms with Crippen LogP contribution in [0.15, 0.2) is 0 Å². The lowest BCUT2D eigenvalue weighted by atomic mass is 10.0. The summed E-state index contributed by atoms with van der Waals surface area (Å²) >= 11 is 0. The first-order valence-electron chi connectivity index (χ1n) is 6.05. The van der Waals surface area contributed by atoms with Gasteiger partial charge in [-0.2, -0.15) is 0 Å². The lowest BCUT2D eigenvalue weighted by Crippen LogP contribution is -2.38. The van der Waals surface area contributed by atoms with Gasteiger partial charge in [-0.15, -0.1) is 0 Å². The summed E-state index contributed by atoms with van der Waals surface area (Å²) in [5, 5.41) is 0. The molecule has 88 valence electrons. The zero-order chi connectivity index (χ0) is 11.4. The fourth-order valence-corrected chi connectivity index (χ4v) is 2.35. The van der Waals surface area contributed by atoms with E-state index in [1.807, 2.05) is 11.8 Å². The summed E-state index contributed by atoms with van der Waals surface area (Å²) in [6, 6.07) is 0.453. The largest absolute Gasteiger partial charge is 0.340 e. The molecule has 2 N–H and O–H groups in total. The number of likely N-dealkylation sites (tertiary alicyclic amines) is 1. The van der Waals surface area contributed by atoms with E-state index in [0.717, 1.165) is 19.4 Å². The topological polar surface area (TPSA) is 46.3 Å². The molecule has 15 heavy (non-hydrogen) atoms. The van der Waals surface area contributed by atoms with Crippen LogP contribution in [0.1, 0.15) is 46.5 Å². The summed E-state index contributed by atoms with van der Waals surface area (Å²) in [4.78, 5) is 13.9. The molecule has 0 aromatic rings. The molecule has 0 aromatic carbocycles. The highest BCUT2D eigenvalue weighted by atomic mass is 16.2. The Bertz CT molecular complexity index is 214. The van der Waals surface area contributed by atoms with Crippen molar-refractivity contribution in [2.24, 2.45) is 11.7 Å². The number of nitrogens with two attached hydrogens (primary N) is 1. The van der Waals surface area contributed by atoms with Crippen LogP contribution in [0.5, 0.6) is 0 Å². The predicted octanol–water partition coefficient (Wildman–Crippen LogP) is 1.76. The zero-order valence-electron chi connectivity index (χ0n) is 10.2. The molecule has 0 bridgehead atoms. The highest BCUT2D eigenvalue weighted by Gasteiger charge is 2.28. The van der Waals surface area contributed by atoms with E-state index in [4.69, 9.17) is 5.73 Å². The highest BCUT2D eigenvalue weighted by molar-refractivity contribution is 5.77. The fraction of sp³-hybridized carbons (Fsp3) is 0.917. The maximum atomic E-state index is 11.9. The van der Waals surface area contributed by atoms with Crippen LogP contribution in [0, 0.1) is 5.92 Å². The Labute approximate surface area is 93.0 Å². The molecule has 2 atom stereocenters. The normalized spacial score (nSPS) is 23.5. The highest BCUT2D eigenvalue weighted by Crippen LogP contribution is 2.24. The molecule has 3 heteroatoms. The van der Waals surface area contributed by atoms with E-state index in [-0.39, 0.29) is 11.9 Å². The number of nitrogens with zero attached hydrogens (tertiary/aromatic N) is 1. The minimum absolute atomic E-state index is 0.0159. The third-order valence-corrected chi connectivity index (χ3v) is 2.94. The predicted molar refractivity (Wildman–Crippen MR) is 62.5 cm³/mol. The maximum Gasteiger partial charge on any atom is 0.224 e. The van der Waals surface area contributed by atoms with E-state index in [9.17, 15) is 4.79 Å².